The van der Waals surface area contributed by atoms with Gasteiger partial charge in [0, 0.05) is 11.4 Å². The first-order chi connectivity index (χ1) is 12.3. The van der Waals surface area contributed by atoms with Crippen molar-refractivity contribution in [2.24, 2.45) is 0 Å². The molecule has 1 N–H and O–H groups in total. The Kier molecular flexibility index (Phi) is 3.69. The summed E-state index contributed by atoms with van der Waals surface area (Å²) in [4.78, 5) is 19.8. The summed E-state index contributed by atoms with van der Waals surface area (Å²) in [6.07, 6.45) is 3.43. The third kappa shape index (κ3) is 2.52. The van der Waals surface area contributed by atoms with Crippen LogP contribution in [0.3, 0.4) is 0 Å². The molecule has 4 heterocycles. The number of fused-ring (bicyclic) bond motifs is 4. The summed E-state index contributed by atoms with van der Waals surface area (Å²) in [5, 5.41) is 4.18. The van der Waals surface area contributed by atoms with Crippen LogP contribution in [0.5, 0.6) is 0 Å². The fourth-order valence-electron chi connectivity index (χ4n) is 3.89. The second-order valence-corrected chi connectivity index (χ2v) is 7.70. The maximum Gasteiger partial charge on any atom is 0.262 e. The molecule has 5 nitrogen and oxygen atoms in total. The molecule has 128 valence electrons. The van der Waals surface area contributed by atoms with Crippen LogP contribution in [0.25, 0.3) is 10.2 Å². The van der Waals surface area contributed by atoms with E-state index in [0.717, 1.165) is 36.1 Å². The molecule has 0 bridgehead atoms. The molecule has 0 spiro atoms. The van der Waals surface area contributed by atoms with Gasteiger partial charge in [0.2, 0.25) is 0 Å². The summed E-state index contributed by atoms with van der Waals surface area (Å²) in [6.45, 7) is 2.98. The third-order valence-electron chi connectivity index (χ3n) is 5.15. The van der Waals surface area contributed by atoms with Crippen molar-refractivity contribution >= 4 is 21.6 Å². The van der Waals surface area contributed by atoms with Crippen molar-refractivity contribution in [3.05, 3.63) is 62.5 Å². The highest BCUT2D eigenvalue weighted by atomic mass is 32.1. The quantitative estimate of drug-likeness (QED) is 0.769. The van der Waals surface area contributed by atoms with Gasteiger partial charge >= 0.3 is 0 Å². The van der Waals surface area contributed by atoms with E-state index in [1.165, 1.54) is 21.6 Å². The van der Waals surface area contributed by atoms with Crippen molar-refractivity contribution < 1.29 is 4.74 Å². The first-order valence-corrected chi connectivity index (χ1v) is 9.53. The Morgan fingerprint density at radius 2 is 2.24 bits per heavy atom. The number of hydrogen-bond donors (Lipinski definition) is 1. The van der Waals surface area contributed by atoms with E-state index in [2.05, 4.69) is 28.5 Å². The molecule has 0 amide bonds. The summed E-state index contributed by atoms with van der Waals surface area (Å²) in [7, 11) is 0. The molecule has 2 aliphatic rings. The Hall–Kier alpha value is -2.02. The van der Waals surface area contributed by atoms with Gasteiger partial charge in [-0.3, -0.25) is 9.36 Å². The molecule has 0 fully saturated rings. The van der Waals surface area contributed by atoms with Gasteiger partial charge in [0.05, 0.1) is 24.9 Å². The van der Waals surface area contributed by atoms with Crippen molar-refractivity contribution in [1.29, 1.82) is 0 Å². The molecular formula is C19H19N3O2S. The minimum Gasteiger partial charge on any atom is -0.371 e. The normalized spacial score (nSPS) is 19.6. The molecule has 3 aromatic rings. The molecule has 5 rings (SSSR count). The molecular weight excluding hydrogens is 334 g/mol. The molecule has 0 unspecified atom stereocenters. The van der Waals surface area contributed by atoms with Crippen LogP contribution in [0, 0.1) is 0 Å². The molecule has 1 aromatic carbocycles. The van der Waals surface area contributed by atoms with Crippen LogP contribution in [0.15, 0.2) is 35.4 Å². The summed E-state index contributed by atoms with van der Waals surface area (Å²) in [5.74, 6) is 0. The lowest BCUT2D eigenvalue weighted by Crippen LogP contribution is -2.28. The van der Waals surface area contributed by atoms with Crippen LogP contribution in [-0.4, -0.2) is 22.7 Å². The Bertz CT molecular complexity index is 1010. The van der Waals surface area contributed by atoms with Gasteiger partial charge in [-0.1, -0.05) is 24.3 Å². The number of hydrogen-bond acceptors (Lipinski definition) is 5. The largest absolute Gasteiger partial charge is 0.371 e. The van der Waals surface area contributed by atoms with Crippen LogP contribution < -0.4 is 10.9 Å². The summed E-state index contributed by atoms with van der Waals surface area (Å²) >= 11 is 1.64. The van der Waals surface area contributed by atoms with Crippen molar-refractivity contribution in [3.63, 3.8) is 0 Å². The number of nitrogens with zero attached hydrogens (tertiary/aromatic N) is 2. The lowest BCUT2D eigenvalue weighted by atomic mass is 9.97. The minimum atomic E-state index is -0.0852. The van der Waals surface area contributed by atoms with Crippen LogP contribution >= 0.6 is 11.3 Å². The SMILES string of the molecule is O=c1c2c3c(sc2ncn1C[C@@H]1OCCc2ccccc21)CNCC3. The highest BCUT2D eigenvalue weighted by Crippen LogP contribution is 2.31. The first kappa shape index (κ1) is 15.3. The van der Waals surface area contributed by atoms with Gasteiger partial charge in [-0.15, -0.1) is 11.3 Å². The highest BCUT2D eigenvalue weighted by molar-refractivity contribution is 7.18. The average molecular weight is 353 g/mol. The van der Waals surface area contributed by atoms with Crippen LogP contribution in [0.1, 0.15) is 27.7 Å². The summed E-state index contributed by atoms with van der Waals surface area (Å²) in [5.41, 5.74) is 3.77. The average Bonchev–Trinajstić information content (AvgIpc) is 3.03. The smallest absolute Gasteiger partial charge is 0.262 e. The second kappa shape index (κ2) is 6.05. The van der Waals surface area contributed by atoms with Gasteiger partial charge in [0.1, 0.15) is 10.9 Å². The van der Waals surface area contributed by atoms with Crippen molar-refractivity contribution in [2.75, 3.05) is 13.2 Å². The molecule has 0 saturated heterocycles. The Morgan fingerprint density at radius 1 is 1.32 bits per heavy atom. The summed E-state index contributed by atoms with van der Waals surface area (Å²) in [6, 6.07) is 8.35. The molecule has 6 heteroatoms. The van der Waals surface area contributed by atoms with Crippen molar-refractivity contribution in [2.45, 2.75) is 32.0 Å². The third-order valence-corrected chi connectivity index (χ3v) is 6.29. The molecule has 0 aliphatic carbocycles. The maximum absolute atomic E-state index is 13.1. The lowest BCUT2D eigenvalue weighted by Gasteiger charge is -2.26. The van der Waals surface area contributed by atoms with Crippen molar-refractivity contribution in [1.82, 2.24) is 14.9 Å². The topological polar surface area (TPSA) is 56.2 Å². The van der Waals surface area contributed by atoms with E-state index >= 15 is 0 Å². The van der Waals surface area contributed by atoms with E-state index in [1.54, 1.807) is 22.2 Å². The Labute approximate surface area is 149 Å². The van der Waals surface area contributed by atoms with Crippen LogP contribution in [-0.2, 0) is 30.7 Å². The standard InChI is InChI=1S/C19H19N3O2S/c23-19-17-14-5-7-20-9-16(14)25-18(17)21-11-22(19)10-15-13-4-2-1-3-12(13)6-8-24-15/h1-4,11,15,20H,5-10H2/t15-/m0/s1. The van der Waals surface area contributed by atoms with Gasteiger partial charge in [0.25, 0.3) is 5.56 Å². The molecule has 1 atom stereocenters. The number of ether oxygens (including phenoxy) is 1. The van der Waals surface area contributed by atoms with E-state index in [4.69, 9.17) is 4.74 Å². The molecule has 2 aliphatic heterocycles. The van der Waals surface area contributed by atoms with Crippen molar-refractivity contribution in [3.8, 4) is 0 Å². The van der Waals surface area contributed by atoms with Gasteiger partial charge in [0.15, 0.2) is 0 Å². The van der Waals surface area contributed by atoms with E-state index in [0.29, 0.717) is 13.2 Å². The van der Waals surface area contributed by atoms with Gasteiger partial charge < -0.3 is 10.1 Å². The van der Waals surface area contributed by atoms with Gasteiger partial charge in [-0.25, -0.2) is 4.98 Å². The predicted molar refractivity (Wildman–Crippen MR) is 98.1 cm³/mol. The zero-order valence-corrected chi connectivity index (χ0v) is 14.6. The molecule has 2 aromatic heterocycles. The predicted octanol–water partition coefficient (Wildman–Crippen LogP) is 2.42. The minimum absolute atomic E-state index is 0.0658. The van der Waals surface area contributed by atoms with E-state index in [-0.39, 0.29) is 11.7 Å². The second-order valence-electron chi connectivity index (χ2n) is 6.62. The van der Waals surface area contributed by atoms with Gasteiger partial charge in [-0.05, 0) is 36.1 Å². The van der Waals surface area contributed by atoms with E-state index < -0.39 is 0 Å². The number of thiophene rings is 1. The lowest BCUT2D eigenvalue weighted by molar-refractivity contribution is 0.0299. The van der Waals surface area contributed by atoms with Gasteiger partial charge in [-0.2, -0.15) is 0 Å². The number of rotatable bonds is 2. The molecule has 0 radical (unpaired) electrons. The van der Waals surface area contributed by atoms with E-state index in [1.807, 2.05) is 6.07 Å². The highest BCUT2D eigenvalue weighted by Gasteiger charge is 2.23. The molecule has 0 saturated carbocycles. The van der Waals surface area contributed by atoms with Crippen LogP contribution in [0.4, 0.5) is 0 Å². The first-order valence-electron chi connectivity index (χ1n) is 8.71. The zero-order chi connectivity index (χ0) is 16.8. The summed E-state index contributed by atoms with van der Waals surface area (Å²) < 4.78 is 7.70. The maximum atomic E-state index is 13.1. The van der Waals surface area contributed by atoms with E-state index in [9.17, 15) is 4.79 Å². The fourth-order valence-corrected chi connectivity index (χ4v) is 5.03. The zero-order valence-electron chi connectivity index (χ0n) is 13.8. The monoisotopic (exact) mass is 353 g/mol. The molecule has 25 heavy (non-hydrogen) atoms. The fraction of sp³-hybridized carbons (Fsp3) is 0.368. The number of nitrogens with one attached hydrogen (secondary N) is 1. The number of aromatic nitrogens is 2. The van der Waals surface area contributed by atoms with Crippen LogP contribution in [0.2, 0.25) is 0 Å². The Balaban J connectivity index is 1.56. The Morgan fingerprint density at radius 3 is 3.20 bits per heavy atom. The number of benzene rings is 1.